The van der Waals surface area contributed by atoms with Crippen LogP contribution in [-0.2, 0) is 0 Å². The van der Waals surface area contributed by atoms with Crippen LogP contribution in [0.3, 0.4) is 0 Å². The smallest absolute Gasteiger partial charge is 0.0301 e. The molecule has 2 saturated carbocycles. The van der Waals surface area contributed by atoms with Crippen LogP contribution < -0.4 is 0 Å². The van der Waals surface area contributed by atoms with Crippen molar-refractivity contribution in [3.05, 3.63) is 0 Å². The Morgan fingerprint density at radius 3 is 1.27 bits per heavy atom. The van der Waals surface area contributed by atoms with E-state index in [1.54, 1.807) is 0 Å². The lowest BCUT2D eigenvalue weighted by Gasteiger charge is -2.46. The van der Waals surface area contributed by atoms with E-state index in [1.807, 2.05) is 0 Å². The van der Waals surface area contributed by atoms with Gasteiger partial charge in [0.1, 0.15) is 0 Å². The van der Waals surface area contributed by atoms with Gasteiger partial charge in [-0.1, -0.05) is 41.5 Å². The van der Waals surface area contributed by atoms with E-state index in [2.05, 4.69) is 41.5 Å². The molecule has 0 saturated heterocycles. The summed E-state index contributed by atoms with van der Waals surface area (Å²) in [6.07, 6.45) is 4.56. The second-order valence-corrected chi connectivity index (χ2v) is 8.12. The Morgan fingerprint density at radius 2 is 1.00 bits per heavy atom. The molecule has 0 aliphatic heterocycles. The van der Waals surface area contributed by atoms with Gasteiger partial charge in [-0.3, -0.25) is 0 Å². The maximum atomic E-state index is 2.46. The first-order valence-corrected chi connectivity index (χ1v) is 6.71. The molecule has 0 aromatic heterocycles. The molecule has 2 aliphatic rings. The summed E-state index contributed by atoms with van der Waals surface area (Å²) in [5.41, 5.74) is 1.02. The van der Waals surface area contributed by atoms with E-state index in [0.29, 0.717) is 10.8 Å². The van der Waals surface area contributed by atoms with Gasteiger partial charge in [-0.2, -0.15) is 0 Å². The van der Waals surface area contributed by atoms with Crippen LogP contribution in [0.4, 0.5) is 0 Å². The van der Waals surface area contributed by atoms with Crippen LogP contribution in [-0.4, -0.2) is 0 Å². The Kier molecular flexibility index (Phi) is 2.48. The first-order valence-electron chi connectivity index (χ1n) is 6.71. The SMILES string of the molecule is CC(C)(C)[C@@H]1C2CCC(C2)[C@H]1C(C)(C)C. The Morgan fingerprint density at radius 1 is 0.667 bits per heavy atom. The summed E-state index contributed by atoms with van der Waals surface area (Å²) in [6.45, 7) is 14.7. The highest BCUT2D eigenvalue weighted by atomic mass is 14.6. The molecule has 0 aromatic carbocycles. The first-order chi connectivity index (χ1) is 6.71. The van der Waals surface area contributed by atoms with Crippen LogP contribution in [0, 0.1) is 34.5 Å². The molecule has 15 heavy (non-hydrogen) atoms. The zero-order valence-corrected chi connectivity index (χ0v) is 11.4. The molecule has 88 valence electrons. The van der Waals surface area contributed by atoms with Gasteiger partial charge in [0.2, 0.25) is 0 Å². The van der Waals surface area contributed by atoms with Gasteiger partial charge in [-0.05, 0) is 53.8 Å². The van der Waals surface area contributed by atoms with E-state index in [4.69, 9.17) is 0 Å². The molecule has 0 heterocycles. The standard InChI is InChI=1S/C15H28/c1-14(2,3)12-10-7-8-11(9-10)13(12)15(4,5)6/h10-13H,7-9H2,1-6H3/t10?,11?,12-,13-/m1/s1. The molecule has 0 amide bonds. The van der Waals surface area contributed by atoms with Gasteiger partial charge in [0.25, 0.3) is 0 Å². The molecule has 0 nitrogen and oxygen atoms in total. The van der Waals surface area contributed by atoms with Gasteiger partial charge >= 0.3 is 0 Å². The second-order valence-electron chi connectivity index (χ2n) is 8.12. The topological polar surface area (TPSA) is 0 Å². The number of hydrogen-bond donors (Lipinski definition) is 0. The highest BCUT2D eigenvalue weighted by molar-refractivity contribution is 5.03. The van der Waals surface area contributed by atoms with Gasteiger partial charge in [0.15, 0.2) is 0 Å². The van der Waals surface area contributed by atoms with Crippen LogP contribution in [0.25, 0.3) is 0 Å². The molecular weight excluding hydrogens is 180 g/mol. The van der Waals surface area contributed by atoms with Crippen LogP contribution in [0.15, 0.2) is 0 Å². The largest absolute Gasteiger partial charge is 0.0599 e. The van der Waals surface area contributed by atoms with Crippen molar-refractivity contribution in [1.82, 2.24) is 0 Å². The van der Waals surface area contributed by atoms with Gasteiger partial charge in [-0.15, -0.1) is 0 Å². The van der Waals surface area contributed by atoms with Crippen LogP contribution >= 0.6 is 0 Å². The van der Waals surface area contributed by atoms with Crippen molar-refractivity contribution in [1.29, 1.82) is 0 Å². The maximum Gasteiger partial charge on any atom is -0.0301 e. The van der Waals surface area contributed by atoms with Gasteiger partial charge in [0, 0.05) is 0 Å². The minimum atomic E-state index is 0.512. The first kappa shape index (κ1) is 11.5. The molecule has 2 aliphatic carbocycles. The van der Waals surface area contributed by atoms with E-state index < -0.39 is 0 Å². The fourth-order valence-corrected chi connectivity index (χ4v) is 4.78. The van der Waals surface area contributed by atoms with E-state index in [9.17, 15) is 0 Å². The maximum absolute atomic E-state index is 2.46. The fraction of sp³-hybridized carbons (Fsp3) is 1.00. The summed E-state index contributed by atoms with van der Waals surface area (Å²) in [5, 5.41) is 0. The summed E-state index contributed by atoms with van der Waals surface area (Å²) in [6, 6.07) is 0. The van der Waals surface area contributed by atoms with E-state index in [1.165, 1.54) is 19.3 Å². The summed E-state index contributed by atoms with van der Waals surface area (Å²) in [5.74, 6) is 4.02. The Labute approximate surface area is 95.8 Å². The molecule has 0 radical (unpaired) electrons. The molecule has 2 bridgehead atoms. The predicted molar refractivity (Wildman–Crippen MR) is 66.7 cm³/mol. The van der Waals surface area contributed by atoms with Crippen molar-refractivity contribution < 1.29 is 0 Å². The highest BCUT2D eigenvalue weighted by Gasteiger charge is 2.54. The second kappa shape index (κ2) is 3.25. The van der Waals surface area contributed by atoms with Crippen molar-refractivity contribution in [3.63, 3.8) is 0 Å². The normalized spacial score (nSPS) is 41.2. The molecule has 0 N–H and O–H groups in total. The van der Waals surface area contributed by atoms with Crippen molar-refractivity contribution in [2.45, 2.75) is 60.8 Å². The van der Waals surface area contributed by atoms with E-state index >= 15 is 0 Å². The molecule has 2 fully saturated rings. The van der Waals surface area contributed by atoms with Crippen LogP contribution in [0.2, 0.25) is 0 Å². The van der Waals surface area contributed by atoms with Crippen LogP contribution in [0.5, 0.6) is 0 Å². The lowest BCUT2D eigenvalue weighted by atomic mass is 9.59. The molecule has 0 heteroatoms. The fourth-order valence-electron chi connectivity index (χ4n) is 4.78. The molecular formula is C15H28. The average molecular weight is 208 g/mol. The third-order valence-electron chi connectivity index (χ3n) is 4.92. The van der Waals surface area contributed by atoms with Gasteiger partial charge in [-0.25, -0.2) is 0 Å². The molecule has 0 spiro atoms. The molecule has 0 aromatic rings. The average Bonchev–Trinajstić information content (AvgIpc) is 2.56. The zero-order chi connectivity index (χ0) is 11.4. The summed E-state index contributed by atoms with van der Waals surface area (Å²) < 4.78 is 0. The van der Waals surface area contributed by atoms with E-state index in [0.717, 1.165) is 23.7 Å². The monoisotopic (exact) mass is 208 g/mol. The molecule has 4 atom stereocenters. The number of fused-ring (bicyclic) bond motifs is 2. The van der Waals surface area contributed by atoms with E-state index in [-0.39, 0.29) is 0 Å². The Balaban J connectivity index is 2.28. The Hall–Kier alpha value is 0. The summed E-state index contributed by atoms with van der Waals surface area (Å²) in [7, 11) is 0. The summed E-state index contributed by atoms with van der Waals surface area (Å²) >= 11 is 0. The predicted octanol–water partition coefficient (Wildman–Crippen LogP) is 4.74. The Bertz CT molecular complexity index is 212. The lowest BCUT2D eigenvalue weighted by molar-refractivity contribution is 0.0245. The highest BCUT2D eigenvalue weighted by Crippen LogP contribution is 2.62. The van der Waals surface area contributed by atoms with Crippen molar-refractivity contribution in [2.75, 3.05) is 0 Å². The molecule has 2 rings (SSSR count). The third-order valence-corrected chi connectivity index (χ3v) is 4.92. The van der Waals surface area contributed by atoms with Crippen LogP contribution in [0.1, 0.15) is 60.8 Å². The minimum absolute atomic E-state index is 0.512. The van der Waals surface area contributed by atoms with Gasteiger partial charge < -0.3 is 0 Å². The minimum Gasteiger partial charge on any atom is -0.0599 e. The van der Waals surface area contributed by atoms with Gasteiger partial charge in [0.05, 0.1) is 0 Å². The lowest BCUT2D eigenvalue weighted by Crippen LogP contribution is -2.39. The number of rotatable bonds is 0. The van der Waals surface area contributed by atoms with Crippen molar-refractivity contribution in [2.24, 2.45) is 34.5 Å². The number of hydrogen-bond acceptors (Lipinski definition) is 0. The third kappa shape index (κ3) is 1.85. The zero-order valence-electron chi connectivity index (χ0n) is 11.4. The molecule has 2 unspecified atom stereocenters. The summed E-state index contributed by atoms with van der Waals surface area (Å²) in [4.78, 5) is 0. The van der Waals surface area contributed by atoms with Crippen molar-refractivity contribution >= 4 is 0 Å². The quantitative estimate of drug-likeness (QED) is 0.539. The van der Waals surface area contributed by atoms with Crippen molar-refractivity contribution in [3.8, 4) is 0 Å².